The molecule has 3 rings (SSSR count). The Morgan fingerprint density at radius 3 is 2.83 bits per heavy atom. The minimum atomic E-state index is -0.386. The molecule has 0 amide bonds. The second-order valence-corrected chi connectivity index (χ2v) is 4.73. The summed E-state index contributed by atoms with van der Waals surface area (Å²) in [7, 11) is 0. The quantitative estimate of drug-likeness (QED) is 0.609. The Bertz CT molecular complexity index is 519. The number of non-ortho nitro benzene ring substituents is 1. The van der Waals surface area contributed by atoms with Crippen molar-refractivity contribution < 1.29 is 9.66 Å². The first-order valence-electron chi connectivity index (χ1n) is 6.06. The molecule has 0 aliphatic carbocycles. The van der Waals surface area contributed by atoms with Gasteiger partial charge >= 0.3 is 0 Å². The molecular weight excluding hydrogens is 232 g/mol. The molecule has 0 radical (unpaired) electrons. The minimum Gasteiger partial charge on any atom is -0.482 e. The van der Waals surface area contributed by atoms with Gasteiger partial charge in [0.1, 0.15) is 11.4 Å². The van der Waals surface area contributed by atoms with Crippen LogP contribution in [0, 0.1) is 10.1 Å². The van der Waals surface area contributed by atoms with Crippen molar-refractivity contribution in [2.24, 2.45) is 0 Å². The molecule has 1 fully saturated rings. The van der Waals surface area contributed by atoms with Gasteiger partial charge in [0.25, 0.3) is 5.69 Å². The SMILES string of the molecule is O=[N+]([O-])c1ccc2c(c1)C=CC1(CCNCC1)O2. The summed E-state index contributed by atoms with van der Waals surface area (Å²) < 4.78 is 6.05. The molecule has 0 atom stereocenters. The third-order valence-corrected chi connectivity index (χ3v) is 3.53. The normalized spacial score (nSPS) is 20.2. The highest BCUT2D eigenvalue weighted by atomic mass is 16.6. The molecule has 5 nitrogen and oxygen atoms in total. The first kappa shape index (κ1) is 11.2. The zero-order chi connectivity index (χ0) is 12.6. The van der Waals surface area contributed by atoms with Crippen LogP contribution in [0.25, 0.3) is 6.08 Å². The van der Waals surface area contributed by atoms with Crippen molar-refractivity contribution in [1.82, 2.24) is 5.32 Å². The molecule has 5 heteroatoms. The van der Waals surface area contributed by atoms with Crippen LogP contribution >= 0.6 is 0 Å². The Labute approximate surface area is 105 Å². The molecule has 1 saturated heterocycles. The van der Waals surface area contributed by atoms with Gasteiger partial charge in [-0.25, -0.2) is 0 Å². The summed E-state index contributed by atoms with van der Waals surface area (Å²) in [5.74, 6) is 0.741. The second-order valence-electron chi connectivity index (χ2n) is 4.73. The molecule has 1 spiro atoms. The Balaban J connectivity index is 1.93. The third-order valence-electron chi connectivity index (χ3n) is 3.53. The number of nitrogens with one attached hydrogen (secondary N) is 1. The number of hydrogen-bond donors (Lipinski definition) is 1. The number of fused-ring (bicyclic) bond motifs is 1. The van der Waals surface area contributed by atoms with Crippen molar-refractivity contribution in [3.63, 3.8) is 0 Å². The fourth-order valence-electron chi connectivity index (χ4n) is 2.49. The average Bonchev–Trinajstić information content (AvgIpc) is 2.39. The van der Waals surface area contributed by atoms with Gasteiger partial charge in [-0.05, 0) is 25.2 Å². The number of rotatable bonds is 1. The lowest BCUT2D eigenvalue weighted by molar-refractivity contribution is -0.384. The number of ether oxygens (including phenoxy) is 1. The summed E-state index contributed by atoms with van der Waals surface area (Å²) in [6.45, 7) is 1.87. The van der Waals surface area contributed by atoms with E-state index in [4.69, 9.17) is 4.74 Å². The Morgan fingerprint density at radius 1 is 1.33 bits per heavy atom. The van der Waals surface area contributed by atoms with Crippen LogP contribution in [0.3, 0.4) is 0 Å². The Kier molecular flexibility index (Phi) is 2.56. The van der Waals surface area contributed by atoms with Crippen molar-refractivity contribution in [3.8, 4) is 5.75 Å². The number of nitro groups is 1. The minimum absolute atomic E-state index is 0.100. The average molecular weight is 246 g/mol. The molecule has 0 unspecified atom stereocenters. The highest BCUT2D eigenvalue weighted by Crippen LogP contribution is 2.37. The van der Waals surface area contributed by atoms with Gasteiger partial charge in [-0.1, -0.05) is 6.08 Å². The molecule has 94 valence electrons. The molecular formula is C13H14N2O3. The summed E-state index contributed by atoms with van der Waals surface area (Å²) in [6, 6.07) is 4.74. The van der Waals surface area contributed by atoms with E-state index in [9.17, 15) is 10.1 Å². The lowest BCUT2D eigenvalue weighted by Gasteiger charge is -2.38. The second kappa shape index (κ2) is 4.10. The number of hydrogen-bond acceptors (Lipinski definition) is 4. The van der Waals surface area contributed by atoms with Crippen LogP contribution in [0.2, 0.25) is 0 Å². The summed E-state index contributed by atoms with van der Waals surface area (Å²) in [5, 5.41) is 14.0. The highest BCUT2D eigenvalue weighted by molar-refractivity contribution is 5.64. The van der Waals surface area contributed by atoms with Gasteiger partial charge in [-0.15, -0.1) is 0 Å². The summed E-state index contributed by atoms with van der Waals surface area (Å²) in [5.41, 5.74) is 0.658. The van der Waals surface area contributed by atoms with E-state index in [0.717, 1.165) is 37.2 Å². The standard InChI is InChI=1S/C13H14N2O3/c16-15(17)11-1-2-12-10(9-11)3-4-13(18-12)5-7-14-8-6-13/h1-4,9,14H,5-8H2. The van der Waals surface area contributed by atoms with Crippen LogP contribution in [0.4, 0.5) is 5.69 Å². The molecule has 2 heterocycles. The zero-order valence-electron chi connectivity index (χ0n) is 9.89. The molecule has 2 aliphatic heterocycles. The molecule has 18 heavy (non-hydrogen) atoms. The summed E-state index contributed by atoms with van der Waals surface area (Å²) in [6.07, 6.45) is 5.84. The fourth-order valence-corrected chi connectivity index (χ4v) is 2.49. The van der Waals surface area contributed by atoms with Crippen molar-refractivity contribution >= 4 is 11.8 Å². The maximum absolute atomic E-state index is 10.7. The van der Waals surface area contributed by atoms with Gasteiger partial charge in [0, 0.05) is 30.5 Å². The van der Waals surface area contributed by atoms with Crippen molar-refractivity contribution in [3.05, 3.63) is 40.0 Å². The van der Waals surface area contributed by atoms with E-state index in [0.29, 0.717) is 0 Å². The van der Waals surface area contributed by atoms with E-state index in [2.05, 4.69) is 5.32 Å². The van der Waals surface area contributed by atoms with E-state index in [1.807, 2.05) is 12.2 Å². The lowest BCUT2D eigenvalue weighted by Crippen LogP contribution is -2.45. The van der Waals surface area contributed by atoms with Crippen molar-refractivity contribution in [2.75, 3.05) is 13.1 Å². The Hall–Kier alpha value is -1.88. The van der Waals surface area contributed by atoms with Crippen LogP contribution in [0.5, 0.6) is 5.75 Å². The predicted molar refractivity (Wildman–Crippen MR) is 67.6 cm³/mol. The maximum Gasteiger partial charge on any atom is 0.270 e. The van der Waals surface area contributed by atoms with Gasteiger partial charge in [0.15, 0.2) is 0 Å². The summed E-state index contributed by atoms with van der Waals surface area (Å²) >= 11 is 0. The van der Waals surface area contributed by atoms with Gasteiger partial charge in [-0.3, -0.25) is 10.1 Å². The highest BCUT2D eigenvalue weighted by Gasteiger charge is 2.34. The largest absolute Gasteiger partial charge is 0.482 e. The smallest absolute Gasteiger partial charge is 0.270 e. The lowest BCUT2D eigenvalue weighted by atomic mass is 9.89. The van der Waals surface area contributed by atoms with Crippen LogP contribution in [-0.2, 0) is 0 Å². The third kappa shape index (κ3) is 1.86. The van der Waals surface area contributed by atoms with Crippen LogP contribution in [0.1, 0.15) is 18.4 Å². The predicted octanol–water partition coefficient (Wildman–Crippen LogP) is 2.12. The number of nitro benzene ring substituents is 1. The maximum atomic E-state index is 10.7. The number of benzene rings is 1. The van der Waals surface area contributed by atoms with E-state index in [-0.39, 0.29) is 16.2 Å². The first-order valence-corrected chi connectivity index (χ1v) is 6.06. The van der Waals surface area contributed by atoms with Gasteiger partial charge in [-0.2, -0.15) is 0 Å². The first-order chi connectivity index (χ1) is 8.69. The van der Waals surface area contributed by atoms with Crippen LogP contribution < -0.4 is 10.1 Å². The molecule has 0 saturated carbocycles. The molecule has 0 aromatic heterocycles. The van der Waals surface area contributed by atoms with Crippen LogP contribution in [0.15, 0.2) is 24.3 Å². The zero-order valence-corrected chi connectivity index (χ0v) is 9.89. The monoisotopic (exact) mass is 246 g/mol. The van der Waals surface area contributed by atoms with Gasteiger partial charge < -0.3 is 10.1 Å². The number of nitrogens with zero attached hydrogens (tertiary/aromatic N) is 1. The fraction of sp³-hybridized carbons (Fsp3) is 0.385. The Morgan fingerprint density at radius 2 is 2.11 bits per heavy atom. The van der Waals surface area contributed by atoms with E-state index in [1.54, 1.807) is 12.1 Å². The molecule has 1 aromatic rings. The van der Waals surface area contributed by atoms with E-state index in [1.165, 1.54) is 6.07 Å². The van der Waals surface area contributed by atoms with Gasteiger partial charge in [0.2, 0.25) is 0 Å². The van der Waals surface area contributed by atoms with E-state index < -0.39 is 0 Å². The molecule has 0 bridgehead atoms. The van der Waals surface area contributed by atoms with Crippen LogP contribution in [-0.4, -0.2) is 23.6 Å². The topological polar surface area (TPSA) is 64.4 Å². The van der Waals surface area contributed by atoms with Gasteiger partial charge in [0.05, 0.1) is 4.92 Å². The number of piperidine rings is 1. The molecule has 2 aliphatic rings. The molecule has 1 N–H and O–H groups in total. The van der Waals surface area contributed by atoms with Crippen molar-refractivity contribution in [2.45, 2.75) is 18.4 Å². The van der Waals surface area contributed by atoms with Crippen molar-refractivity contribution in [1.29, 1.82) is 0 Å². The molecule has 1 aromatic carbocycles. The summed E-state index contributed by atoms with van der Waals surface area (Å²) in [4.78, 5) is 10.3. The van der Waals surface area contributed by atoms with E-state index >= 15 is 0 Å².